The summed E-state index contributed by atoms with van der Waals surface area (Å²) in [5.41, 5.74) is 0.837. The fourth-order valence-corrected chi connectivity index (χ4v) is 2.79. The van der Waals surface area contributed by atoms with Crippen LogP contribution in [0, 0.1) is 10.1 Å². The normalized spacial score (nSPS) is 16.6. The lowest BCUT2D eigenvalue weighted by Crippen LogP contribution is -2.21. The molecule has 5 nitrogen and oxygen atoms in total. The quantitative estimate of drug-likeness (QED) is 0.452. The van der Waals surface area contributed by atoms with E-state index in [1.54, 1.807) is 12.1 Å². The van der Waals surface area contributed by atoms with Crippen molar-refractivity contribution in [3.05, 3.63) is 39.9 Å². The highest BCUT2D eigenvalue weighted by Crippen LogP contribution is 2.28. The molecule has 0 aliphatic heterocycles. The standard InChI is InChI=1S/C16H21NO4/c1-2-5-15(16(18)21-14-6-3-4-7-14)12-8-10-13(11-9-12)17(19)20/h8-11,14-15H,2-7H2,1H3. The molecule has 0 N–H and O–H groups in total. The maximum absolute atomic E-state index is 12.4. The number of hydrogen-bond donors (Lipinski definition) is 0. The van der Waals surface area contributed by atoms with Gasteiger partial charge in [0, 0.05) is 12.1 Å². The lowest BCUT2D eigenvalue weighted by molar-refractivity contribution is -0.384. The average molecular weight is 291 g/mol. The Morgan fingerprint density at radius 2 is 1.95 bits per heavy atom. The number of non-ortho nitro benzene ring substituents is 1. The van der Waals surface area contributed by atoms with Crippen molar-refractivity contribution in [3.8, 4) is 0 Å². The Bertz CT molecular complexity index is 492. The van der Waals surface area contributed by atoms with Gasteiger partial charge in [0.2, 0.25) is 0 Å². The van der Waals surface area contributed by atoms with E-state index >= 15 is 0 Å². The molecule has 0 radical (unpaired) electrons. The van der Waals surface area contributed by atoms with Gasteiger partial charge in [0.1, 0.15) is 6.10 Å². The maximum atomic E-state index is 12.4. The molecular formula is C16H21NO4. The van der Waals surface area contributed by atoms with Crippen LogP contribution in [-0.4, -0.2) is 17.0 Å². The molecule has 0 spiro atoms. The first-order chi connectivity index (χ1) is 10.1. The van der Waals surface area contributed by atoms with Gasteiger partial charge in [0.25, 0.3) is 5.69 Å². The molecule has 114 valence electrons. The number of nitro benzene ring substituents is 1. The number of esters is 1. The highest BCUT2D eigenvalue weighted by molar-refractivity contribution is 5.78. The van der Waals surface area contributed by atoms with E-state index in [9.17, 15) is 14.9 Å². The second-order valence-electron chi connectivity index (χ2n) is 5.53. The first-order valence-corrected chi connectivity index (χ1v) is 7.56. The lowest BCUT2D eigenvalue weighted by atomic mass is 9.94. The topological polar surface area (TPSA) is 69.4 Å². The van der Waals surface area contributed by atoms with E-state index in [4.69, 9.17) is 4.74 Å². The number of rotatable bonds is 6. The second kappa shape index (κ2) is 7.20. The lowest BCUT2D eigenvalue weighted by Gasteiger charge is -2.19. The van der Waals surface area contributed by atoms with E-state index in [0.717, 1.165) is 37.7 Å². The molecule has 0 amide bonds. The molecule has 0 bridgehead atoms. The average Bonchev–Trinajstić information content (AvgIpc) is 2.97. The molecule has 0 heterocycles. The zero-order valence-electron chi connectivity index (χ0n) is 12.3. The summed E-state index contributed by atoms with van der Waals surface area (Å²) in [4.78, 5) is 22.6. The number of carbonyl (C=O) groups is 1. The third-order valence-electron chi connectivity index (χ3n) is 3.95. The molecule has 1 saturated carbocycles. The summed E-state index contributed by atoms with van der Waals surface area (Å²) in [5.74, 6) is -0.519. The van der Waals surface area contributed by atoms with Gasteiger partial charge in [-0.3, -0.25) is 14.9 Å². The third-order valence-corrected chi connectivity index (χ3v) is 3.95. The summed E-state index contributed by atoms with van der Waals surface area (Å²) in [5, 5.41) is 10.7. The van der Waals surface area contributed by atoms with E-state index in [0.29, 0.717) is 6.42 Å². The van der Waals surface area contributed by atoms with Crippen LogP contribution < -0.4 is 0 Å². The fourth-order valence-electron chi connectivity index (χ4n) is 2.79. The predicted molar refractivity (Wildman–Crippen MR) is 79.1 cm³/mol. The van der Waals surface area contributed by atoms with Gasteiger partial charge < -0.3 is 4.74 Å². The maximum Gasteiger partial charge on any atom is 0.313 e. The van der Waals surface area contributed by atoms with Crippen molar-refractivity contribution in [3.63, 3.8) is 0 Å². The number of hydrogen-bond acceptors (Lipinski definition) is 4. The number of carbonyl (C=O) groups excluding carboxylic acids is 1. The summed E-state index contributed by atoms with van der Waals surface area (Å²) < 4.78 is 5.59. The summed E-state index contributed by atoms with van der Waals surface area (Å²) in [6.07, 6.45) is 5.75. The minimum atomic E-state index is -0.435. The first-order valence-electron chi connectivity index (χ1n) is 7.56. The molecule has 1 aromatic carbocycles. The van der Waals surface area contributed by atoms with Crippen molar-refractivity contribution in [1.29, 1.82) is 0 Å². The van der Waals surface area contributed by atoms with Crippen LogP contribution in [0.1, 0.15) is 56.9 Å². The van der Waals surface area contributed by atoms with Gasteiger partial charge in [0.15, 0.2) is 0 Å². The van der Waals surface area contributed by atoms with Crippen LogP contribution in [0.2, 0.25) is 0 Å². The molecule has 5 heteroatoms. The number of benzene rings is 1. The number of ether oxygens (including phenoxy) is 1. The Labute approximate surface area is 124 Å². The molecular weight excluding hydrogens is 270 g/mol. The summed E-state index contributed by atoms with van der Waals surface area (Å²) in [6, 6.07) is 6.21. The zero-order chi connectivity index (χ0) is 15.2. The van der Waals surface area contributed by atoms with Gasteiger partial charge in [-0.15, -0.1) is 0 Å². The smallest absolute Gasteiger partial charge is 0.313 e. The van der Waals surface area contributed by atoms with E-state index in [1.807, 2.05) is 6.92 Å². The van der Waals surface area contributed by atoms with Crippen molar-refractivity contribution in [2.24, 2.45) is 0 Å². The largest absolute Gasteiger partial charge is 0.462 e. The van der Waals surface area contributed by atoms with Crippen LogP contribution in [0.4, 0.5) is 5.69 Å². The Hall–Kier alpha value is -1.91. The van der Waals surface area contributed by atoms with E-state index < -0.39 is 4.92 Å². The molecule has 21 heavy (non-hydrogen) atoms. The highest BCUT2D eigenvalue weighted by Gasteiger charge is 2.26. The summed E-state index contributed by atoms with van der Waals surface area (Å²) in [6.45, 7) is 2.02. The van der Waals surface area contributed by atoms with Gasteiger partial charge in [-0.1, -0.05) is 25.5 Å². The van der Waals surface area contributed by atoms with Gasteiger partial charge in [0.05, 0.1) is 10.8 Å². The van der Waals surface area contributed by atoms with Gasteiger partial charge in [-0.25, -0.2) is 0 Å². The van der Waals surface area contributed by atoms with Crippen LogP contribution in [0.15, 0.2) is 24.3 Å². The van der Waals surface area contributed by atoms with Crippen LogP contribution >= 0.6 is 0 Å². The number of nitro groups is 1. The summed E-state index contributed by atoms with van der Waals surface area (Å²) in [7, 11) is 0. The monoisotopic (exact) mass is 291 g/mol. The van der Waals surface area contributed by atoms with Crippen molar-refractivity contribution in [2.45, 2.75) is 57.5 Å². The molecule has 1 atom stereocenters. The van der Waals surface area contributed by atoms with Crippen molar-refractivity contribution >= 4 is 11.7 Å². The predicted octanol–water partition coefficient (Wildman–Crippen LogP) is 3.96. The minimum absolute atomic E-state index is 0.0400. The van der Waals surface area contributed by atoms with E-state index in [1.165, 1.54) is 12.1 Å². The Morgan fingerprint density at radius 1 is 1.33 bits per heavy atom. The minimum Gasteiger partial charge on any atom is -0.462 e. The zero-order valence-corrected chi connectivity index (χ0v) is 12.3. The Kier molecular flexibility index (Phi) is 5.31. The molecule has 1 aromatic rings. The molecule has 1 fully saturated rings. The molecule has 1 unspecified atom stereocenters. The fraction of sp³-hybridized carbons (Fsp3) is 0.562. The summed E-state index contributed by atoms with van der Waals surface area (Å²) >= 11 is 0. The molecule has 0 saturated heterocycles. The Morgan fingerprint density at radius 3 is 2.48 bits per heavy atom. The Balaban J connectivity index is 2.09. The van der Waals surface area contributed by atoms with Crippen molar-refractivity contribution < 1.29 is 14.5 Å². The van der Waals surface area contributed by atoms with Gasteiger partial charge >= 0.3 is 5.97 Å². The van der Waals surface area contributed by atoms with Crippen LogP contribution in [0.5, 0.6) is 0 Å². The van der Waals surface area contributed by atoms with Crippen molar-refractivity contribution in [1.82, 2.24) is 0 Å². The van der Waals surface area contributed by atoms with Crippen LogP contribution in [0.25, 0.3) is 0 Å². The highest BCUT2D eigenvalue weighted by atomic mass is 16.6. The van der Waals surface area contributed by atoms with Crippen molar-refractivity contribution in [2.75, 3.05) is 0 Å². The molecule has 1 aliphatic carbocycles. The van der Waals surface area contributed by atoms with E-state index in [2.05, 4.69) is 0 Å². The van der Waals surface area contributed by atoms with Crippen LogP contribution in [0.3, 0.4) is 0 Å². The third kappa shape index (κ3) is 4.03. The molecule has 0 aromatic heterocycles. The molecule has 2 rings (SSSR count). The SMILES string of the molecule is CCCC(C(=O)OC1CCCC1)c1ccc([N+](=O)[O-])cc1. The molecule has 1 aliphatic rings. The van der Waals surface area contributed by atoms with Crippen LogP contribution in [-0.2, 0) is 9.53 Å². The van der Waals surface area contributed by atoms with Gasteiger partial charge in [-0.2, -0.15) is 0 Å². The first kappa shape index (κ1) is 15.5. The van der Waals surface area contributed by atoms with Gasteiger partial charge in [-0.05, 0) is 37.7 Å². The number of nitrogens with zero attached hydrogens (tertiary/aromatic N) is 1. The van der Waals surface area contributed by atoms with E-state index in [-0.39, 0.29) is 23.7 Å². The second-order valence-corrected chi connectivity index (χ2v) is 5.53.